The number of thiophene rings is 1. The second-order valence-electron chi connectivity index (χ2n) is 6.26. The molecule has 3 heterocycles. The summed E-state index contributed by atoms with van der Waals surface area (Å²) in [6.45, 7) is 5.29. The van der Waals surface area contributed by atoms with Gasteiger partial charge in [-0.2, -0.15) is 0 Å². The maximum absolute atomic E-state index is 12.3. The molecule has 1 aliphatic heterocycles. The van der Waals surface area contributed by atoms with Crippen LogP contribution >= 0.6 is 11.3 Å². The zero-order valence-electron chi connectivity index (χ0n) is 13.8. The Morgan fingerprint density at radius 3 is 2.67 bits per heavy atom. The van der Waals surface area contributed by atoms with E-state index in [9.17, 15) is 8.42 Å². The molecule has 2 aromatic rings. The minimum Gasteiger partial charge on any atom is -0.297 e. The number of nitrogens with zero attached hydrogens (tertiary/aromatic N) is 2. The maximum atomic E-state index is 12.3. The molecule has 0 aliphatic carbocycles. The standard InChI is InChI=1S/C17H23N3O2S2/c1-14-5-6-17(23-14)24(21,22)19-12-15-7-10-20(11-8-15)13-16-4-2-3-9-18-16/h2-6,9,15,19H,7-8,10-13H2,1H3. The smallest absolute Gasteiger partial charge is 0.250 e. The average Bonchev–Trinajstić information content (AvgIpc) is 3.03. The Labute approximate surface area is 147 Å². The van der Waals surface area contributed by atoms with Gasteiger partial charge in [-0.1, -0.05) is 6.07 Å². The summed E-state index contributed by atoms with van der Waals surface area (Å²) >= 11 is 1.32. The van der Waals surface area contributed by atoms with Gasteiger partial charge in [-0.3, -0.25) is 9.88 Å². The van der Waals surface area contributed by atoms with E-state index in [0.717, 1.165) is 43.0 Å². The molecule has 0 atom stereocenters. The predicted octanol–water partition coefficient (Wildman–Crippen LogP) is 2.64. The Morgan fingerprint density at radius 1 is 1.25 bits per heavy atom. The highest BCUT2D eigenvalue weighted by atomic mass is 32.2. The van der Waals surface area contributed by atoms with Crippen molar-refractivity contribution in [2.24, 2.45) is 5.92 Å². The van der Waals surface area contributed by atoms with Crippen LogP contribution in [0, 0.1) is 12.8 Å². The van der Waals surface area contributed by atoms with Crippen LogP contribution in [-0.4, -0.2) is 37.9 Å². The number of pyridine rings is 1. The average molecular weight is 366 g/mol. The van der Waals surface area contributed by atoms with E-state index in [1.807, 2.05) is 37.4 Å². The lowest BCUT2D eigenvalue weighted by Gasteiger charge is -2.31. The molecule has 1 fully saturated rings. The fourth-order valence-corrected chi connectivity index (χ4v) is 5.37. The zero-order valence-corrected chi connectivity index (χ0v) is 15.4. The van der Waals surface area contributed by atoms with E-state index in [4.69, 9.17) is 0 Å². The first-order chi connectivity index (χ1) is 11.5. The van der Waals surface area contributed by atoms with E-state index in [-0.39, 0.29) is 0 Å². The van der Waals surface area contributed by atoms with Crippen LogP contribution in [0.3, 0.4) is 0 Å². The molecule has 24 heavy (non-hydrogen) atoms. The van der Waals surface area contributed by atoms with Crippen LogP contribution in [0.4, 0.5) is 0 Å². The summed E-state index contributed by atoms with van der Waals surface area (Å²) in [6.07, 6.45) is 3.85. The summed E-state index contributed by atoms with van der Waals surface area (Å²) in [5, 5.41) is 0. The zero-order chi connectivity index (χ0) is 17.0. The van der Waals surface area contributed by atoms with Crippen molar-refractivity contribution in [2.45, 2.75) is 30.5 Å². The minimum absolute atomic E-state index is 0.404. The molecule has 1 saturated heterocycles. The predicted molar refractivity (Wildman–Crippen MR) is 96.5 cm³/mol. The normalized spacial score (nSPS) is 17.2. The molecule has 0 bridgehead atoms. The summed E-state index contributed by atoms with van der Waals surface area (Å²) in [5.41, 5.74) is 1.09. The summed E-state index contributed by atoms with van der Waals surface area (Å²) in [6, 6.07) is 9.50. The Balaban J connectivity index is 1.46. The van der Waals surface area contributed by atoms with Crippen LogP contribution in [-0.2, 0) is 16.6 Å². The van der Waals surface area contributed by atoms with Crippen molar-refractivity contribution in [1.29, 1.82) is 0 Å². The van der Waals surface area contributed by atoms with Gasteiger partial charge in [-0.05, 0) is 63.0 Å². The van der Waals surface area contributed by atoms with E-state index in [1.165, 1.54) is 11.3 Å². The molecule has 130 valence electrons. The number of sulfonamides is 1. The maximum Gasteiger partial charge on any atom is 0.250 e. The number of nitrogens with one attached hydrogen (secondary N) is 1. The van der Waals surface area contributed by atoms with Gasteiger partial charge in [0.1, 0.15) is 4.21 Å². The fraction of sp³-hybridized carbons (Fsp3) is 0.471. The first-order valence-corrected chi connectivity index (χ1v) is 10.5. The Kier molecular flexibility index (Phi) is 5.65. The van der Waals surface area contributed by atoms with Gasteiger partial charge >= 0.3 is 0 Å². The molecule has 2 aromatic heterocycles. The van der Waals surface area contributed by atoms with Crippen molar-refractivity contribution in [3.63, 3.8) is 0 Å². The molecule has 1 N–H and O–H groups in total. The SMILES string of the molecule is Cc1ccc(S(=O)(=O)NCC2CCN(Cc3ccccn3)CC2)s1. The van der Waals surface area contributed by atoms with Crippen molar-refractivity contribution in [3.8, 4) is 0 Å². The molecular formula is C17H23N3O2S2. The van der Waals surface area contributed by atoms with E-state index in [0.29, 0.717) is 16.7 Å². The van der Waals surface area contributed by atoms with Crippen molar-refractivity contribution < 1.29 is 8.42 Å². The van der Waals surface area contributed by atoms with Crippen LogP contribution < -0.4 is 4.72 Å². The first kappa shape index (κ1) is 17.5. The number of hydrogen-bond acceptors (Lipinski definition) is 5. The minimum atomic E-state index is -3.36. The van der Waals surface area contributed by atoms with Crippen LogP contribution in [0.25, 0.3) is 0 Å². The van der Waals surface area contributed by atoms with E-state index < -0.39 is 10.0 Å². The van der Waals surface area contributed by atoms with Gasteiger partial charge in [0.05, 0.1) is 5.69 Å². The second-order valence-corrected chi connectivity index (χ2v) is 9.54. The number of rotatable bonds is 6. The van der Waals surface area contributed by atoms with Crippen molar-refractivity contribution in [1.82, 2.24) is 14.6 Å². The molecule has 1 aliphatic rings. The van der Waals surface area contributed by atoms with Gasteiger partial charge in [-0.25, -0.2) is 13.1 Å². The van der Waals surface area contributed by atoms with Gasteiger partial charge in [0.2, 0.25) is 10.0 Å². The number of likely N-dealkylation sites (tertiary alicyclic amines) is 1. The highest BCUT2D eigenvalue weighted by Gasteiger charge is 2.22. The second kappa shape index (κ2) is 7.74. The van der Waals surface area contributed by atoms with Crippen LogP contribution in [0.15, 0.2) is 40.7 Å². The lowest BCUT2D eigenvalue weighted by atomic mass is 9.97. The van der Waals surface area contributed by atoms with Gasteiger partial charge in [-0.15, -0.1) is 11.3 Å². The summed E-state index contributed by atoms with van der Waals surface area (Å²) in [7, 11) is -3.36. The largest absolute Gasteiger partial charge is 0.297 e. The van der Waals surface area contributed by atoms with Crippen molar-refractivity contribution >= 4 is 21.4 Å². The number of aromatic nitrogens is 1. The van der Waals surface area contributed by atoms with Crippen LogP contribution in [0.2, 0.25) is 0 Å². The molecule has 7 heteroatoms. The molecule has 0 radical (unpaired) electrons. The van der Waals surface area contributed by atoms with Crippen LogP contribution in [0.1, 0.15) is 23.4 Å². The van der Waals surface area contributed by atoms with Gasteiger partial charge in [0.15, 0.2) is 0 Å². The van der Waals surface area contributed by atoms with Gasteiger partial charge < -0.3 is 0 Å². The Hall–Kier alpha value is -1.28. The third-order valence-electron chi connectivity index (χ3n) is 4.36. The monoisotopic (exact) mass is 365 g/mol. The summed E-state index contributed by atoms with van der Waals surface area (Å²) in [4.78, 5) is 7.76. The Morgan fingerprint density at radius 2 is 2.04 bits per heavy atom. The number of hydrogen-bond donors (Lipinski definition) is 1. The van der Waals surface area contributed by atoms with E-state index >= 15 is 0 Å². The number of piperidine rings is 1. The van der Waals surface area contributed by atoms with E-state index in [2.05, 4.69) is 14.6 Å². The quantitative estimate of drug-likeness (QED) is 0.855. The van der Waals surface area contributed by atoms with E-state index in [1.54, 1.807) is 6.07 Å². The summed E-state index contributed by atoms with van der Waals surface area (Å²) < 4.78 is 27.7. The molecule has 3 rings (SSSR count). The van der Waals surface area contributed by atoms with Crippen molar-refractivity contribution in [2.75, 3.05) is 19.6 Å². The summed E-state index contributed by atoms with van der Waals surface area (Å²) in [5.74, 6) is 0.404. The molecule has 0 amide bonds. The molecule has 0 aromatic carbocycles. The molecule has 5 nitrogen and oxygen atoms in total. The third kappa shape index (κ3) is 4.63. The van der Waals surface area contributed by atoms with Gasteiger partial charge in [0, 0.05) is 24.2 Å². The lowest BCUT2D eigenvalue weighted by Crippen LogP contribution is -2.38. The molecule has 0 saturated carbocycles. The number of aryl methyl sites for hydroxylation is 1. The highest BCUT2D eigenvalue weighted by molar-refractivity contribution is 7.91. The fourth-order valence-electron chi connectivity index (χ4n) is 2.92. The van der Waals surface area contributed by atoms with Crippen LogP contribution in [0.5, 0.6) is 0 Å². The first-order valence-electron chi connectivity index (χ1n) is 8.21. The highest BCUT2D eigenvalue weighted by Crippen LogP contribution is 2.22. The molecular weight excluding hydrogens is 342 g/mol. The lowest BCUT2D eigenvalue weighted by molar-refractivity contribution is 0.177. The molecule has 0 spiro atoms. The molecule has 0 unspecified atom stereocenters. The third-order valence-corrected chi connectivity index (χ3v) is 7.28. The van der Waals surface area contributed by atoms with Crippen molar-refractivity contribution in [3.05, 3.63) is 47.1 Å². The Bertz CT molecular complexity index is 751. The van der Waals surface area contributed by atoms with Gasteiger partial charge in [0.25, 0.3) is 0 Å². The topological polar surface area (TPSA) is 62.3 Å².